The molecule has 0 amide bonds. The van der Waals surface area contributed by atoms with Gasteiger partial charge in [0.25, 0.3) is 0 Å². The maximum absolute atomic E-state index is 6.66. The fourth-order valence-corrected chi connectivity index (χ4v) is 3.67. The Hall–Kier alpha value is -2.22. The van der Waals surface area contributed by atoms with Gasteiger partial charge in [-0.2, -0.15) is 0 Å². The van der Waals surface area contributed by atoms with Gasteiger partial charge in [0, 0.05) is 17.2 Å². The number of hydrogen-bond donors (Lipinski definition) is 2. The number of rotatable bonds is 3. The third-order valence-corrected chi connectivity index (χ3v) is 4.88. The van der Waals surface area contributed by atoms with Crippen LogP contribution in [0.25, 0.3) is 11.4 Å². The van der Waals surface area contributed by atoms with Crippen molar-refractivity contribution in [1.29, 1.82) is 0 Å². The maximum atomic E-state index is 6.66. The van der Waals surface area contributed by atoms with E-state index in [0.29, 0.717) is 17.9 Å². The van der Waals surface area contributed by atoms with Crippen molar-refractivity contribution in [3.8, 4) is 0 Å². The smallest absolute Gasteiger partial charge is 0.0658 e. The molecule has 0 heterocycles. The third kappa shape index (κ3) is 3.06. The molecule has 1 aliphatic carbocycles. The quantitative estimate of drug-likeness (QED) is 0.855. The molecule has 0 aliphatic heterocycles. The molecule has 3 N–H and O–H groups in total. The summed E-state index contributed by atoms with van der Waals surface area (Å²) in [6, 6.07) is 17.6. The van der Waals surface area contributed by atoms with E-state index < -0.39 is 0 Å². The van der Waals surface area contributed by atoms with Gasteiger partial charge in [-0.25, -0.2) is 0 Å². The highest BCUT2D eigenvalue weighted by molar-refractivity contribution is 5.91. The van der Waals surface area contributed by atoms with Gasteiger partial charge < -0.3 is 11.1 Å². The Bertz CT molecular complexity index is 756. The van der Waals surface area contributed by atoms with Gasteiger partial charge >= 0.3 is 0 Å². The monoisotopic (exact) mass is 320 g/mol. The number of nitrogens with two attached hydrogens (primary N) is 1. The highest BCUT2D eigenvalue weighted by Gasteiger charge is 2.26. The van der Waals surface area contributed by atoms with Gasteiger partial charge in [-0.15, -0.1) is 0 Å². The van der Waals surface area contributed by atoms with Crippen LogP contribution in [-0.4, -0.2) is 6.04 Å². The summed E-state index contributed by atoms with van der Waals surface area (Å²) in [6.07, 6.45) is 1.03. The van der Waals surface area contributed by atoms with Crippen molar-refractivity contribution >= 4 is 11.4 Å². The Morgan fingerprint density at radius 3 is 2.21 bits per heavy atom. The molecule has 2 nitrogen and oxygen atoms in total. The van der Waals surface area contributed by atoms with Crippen LogP contribution in [-0.2, 0) is 6.42 Å². The summed E-state index contributed by atoms with van der Waals surface area (Å²) >= 11 is 0. The molecular weight excluding hydrogens is 292 g/mol. The normalized spacial score (nSPS) is 20.3. The van der Waals surface area contributed by atoms with Crippen molar-refractivity contribution in [3.63, 3.8) is 0 Å². The summed E-state index contributed by atoms with van der Waals surface area (Å²) in [6.45, 7) is 8.95. The van der Waals surface area contributed by atoms with E-state index in [9.17, 15) is 0 Å². The molecular formula is C22H28N2. The Balaban J connectivity index is 2.31. The van der Waals surface area contributed by atoms with Crippen LogP contribution in [0.4, 0.5) is 0 Å². The number of benzene rings is 2. The first-order chi connectivity index (χ1) is 11.5. The van der Waals surface area contributed by atoms with Crippen molar-refractivity contribution in [2.24, 2.45) is 11.7 Å². The molecule has 0 radical (unpaired) electrons. The van der Waals surface area contributed by atoms with Gasteiger partial charge in [-0.1, -0.05) is 62.4 Å². The second kappa shape index (κ2) is 6.72. The lowest BCUT2D eigenvalue weighted by atomic mass is 9.77. The van der Waals surface area contributed by atoms with Crippen molar-refractivity contribution < 1.29 is 0 Å². The molecule has 0 aromatic heterocycles. The van der Waals surface area contributed by atoms with E-state index in [0.717, 1.165) is 17.8 Å². The van der Waals surface area contributed by atoms with Gasteiger partial charge in [0.15, 0.2) is 0 Å². The van der Waals surface area contributed by atoms with E-state index in [1.165, 1.54) is 22.3 Å². The molecule has 2 heteroatoms. The number of nitrogens with one attached hydrogen (secondary N) is 1. The molecule has 1 atom stereocenters. The Morgan fingerprint density at radius 1 is 0.917 bits per heavy atom. The van der Waals surface area contributed by atoms with E-state index in [2.05, 4.69) is 81.5 Å². The molecule has 0 saturated carbocycles. The summed E-state index contributed by atoms with van der Waals surface area (Å²) in [5.74, 6) is 1.05. The molecule has 0 bridgehead atoms. The number of hydrogen-bond acceptors (Lipinski definition) is 2. The van der Waals surface area contributed by atoms with E-state index in [4.69, 9.17) is 5.73 Å². The molecule has 0 spiro atoms. The predicted molar refractivity (Wildman–Crippen MR) is 103 cm³/mol. The van der Waals surface area contributed by atoms with Crippen molar-refractivity contribution in [2.45, 2.75) is 46.1 Å². The van der Waals surface area contributed by atoms with Crippen LogP contribution in [0, 0.1) is 5.92 Å². The van der Waals surface area contributed by atoms with Gasteiger partial charge in [-0.05, 0) is 43.2 Å². The van der Waals surface area contributed by atoms with E-state index >= 15 is 0 Å². The molecule has 0 saturated heterocycles. The van der Waals surface area contributed by atoms with Gasteiger partial charge in [0.1, 0.15) is 0 Å². The van der Waals surface area contributed by atoms with Crippen LogP contribution in [0.5, 0.6) is 0 Å². The minimum absolute atomic E-state index is 0.329. The minimum atomic E-state index is 0.329. The van der Waals surface area contributed by atoms with Gasteiger partial charge in [0.2, 0.25) is 0 Å². The molecule has 2 aromatic rings. The second-order valence-electron chi connectivity index (χ2n) is 7.39. The third-order valence-electron chi connectivity index (χ3n) is 4.88. The topological polar surface area (TPSA) is 38.0 Å². The van der Waals surface area contributed by atoms with Crippen LogP contribution in [0.1, 0.15) is 55.9 Å². The first-order valence-corrected chi connectivity index (χ1v) is 8.93. The van der Waals surface area contributed by atoms with Gasteiger partial charge in [-0.3, -0.25) is 0 Å². The minimum Gasteiger partial charge on any atom is -0.397 e. The number of fused-ring (bicyclic) bond motifs is 2. The Morgan fingerprint density at radius 2 is 1.54 bits per heavy atom. The summed E-state index contributed by atoms with van der Waals surface area (Å²) in [5.41, 5.74) is 13.7. The molecule has 3 rings (SSSR count). The summed E-state index contributed by atoms with van der Waals surface area (Å²) in [4.78, 5) is 0. The Kier molecular flexibility index (Phi) is 4.66. The maximum Gasteiger partial charge on any atom is 0.0658 e. The zero-order valence-electron chi connectivity index (χ0n) is 15.1. The van der Waals surface area contributed by atoms with E-state index in [-0.39, 0.29) is 0 Å². The van der Waals surface area contributed by atoms with Crippen LogP contribution in [0.15, 0.2) is 48.5 Å². The van der Waals surface area contributed by atoms with Crippen LogP contribution >= 0.6 is 0 Å². The molecule has 1 aliphatic rings. The standard InChI is InChI=1S/C22H28N2/c1-14(2)20-13-16-9-5-6-10-17(16)21(23)22(24-15(3)4)19-12-8-7-11-18(19)20/h5-12,14-15,20,24H,13,23H2,1-4H3/b22-21-. The summed E-state index contributed by atoms with van der Waals surface area (Å²) in [7, 11) is 0. The lowest BCUT2D eigenvalue weighted by Gasteiger charge is -2.30. The fourth-order valence-electron chi connectivity index (χ4n) is 3.67. The van der Waals surface area contributed by atoms with Crippen molar-refractivity contribution in [3.05, 3.63) is 70.8 Å². The highest BCUT2D eigenvalue weighted by Crippen LogP contribution is 2.38. The molecule has 24 heavy (non-hydrogen) atoms. The molecule has 0 fully saturated rings. The predicted octanol–water partition coefficient (Wildman–Crippen LogP) is 4.76. The SMILES string of the molecule is CC(C)N/C1=C(\N)c2ccccc2CC(C(C)C)c2ccccc21. The largest absolute Gasteiger partial charge is 0.397 e. The van der Waals surface area contributed by atoms with E-state index in [1.54, 1.807) is 0 Å². The lowest BCUT2D eigenvalue weighted by Crippen LogP contribution is -2.27. The zero-order chi connectivity index (χ0) is 17.3. The average Bonchev–Trinajstić information content (AvgIpc) is 2.56. The molecule has 1 unspecified atom stereocenters. The summed E-state index contributed by atoms with van der Waals surface area (Å²) in [5, 5.41) is 3.61. The molecule has 2 aromatic carbocycles. The van der Waals surface area contributed by atoms with Crippen molar-refractivity contribution in [2.75, 3.05) is 0 Å². The van der Waals surface area contributed by atoms with Crippen LogP contribution in [0.3, 0.4) is 0 Å². The van der Waals surface area contributed by atoms with Crippen LogP contribution in [0.2, 0.25) is 0 Å². The highest BCUT2D eigenvalue weighted by atomic mass is 14.9. The van der Waals surface area contributed by atoms with Crippen LogP contribution < -0.4 is 11.1 Å². The van der Waals surface area contributed by atoms with Gasteiger partial charge in [0.05, 0.1) is 11.4 Å². The average molecular weight is 320 g/mol. The fraction of sp³-hybridized carbons (Fsp3) is 0.364. The molecule has 126 valence electrons. The first kappa shape index (κ1) is 16.6. The zero-order valence-corrected chi connectivity index (χ0v) is 15.1. The Labute approximate surface area is 145 Å². The summed E-state index contributed by atoms with van der Waals surface area (Å²) < 4.78 is 0. The van der Waals surface area contributed by atoms with Crippen molar-refractivity contribution in [1.82, 2.24) is 5.32 Å². The van der Waals surface area contributed by atoms with E-state index in [1.807, 2.05) is 0 Å². The first-order valence-electron chi connectivity index (χ1n) is 8.93. The lowest BCUT2D eigenvalue weighted by molar-refractivity contribution is 0.493. The second-order valence-corrected chi connectivity index (χ2v) is 7.39.